The van der Waals surface area contributed by atoms with Crippen molar-refractivity contribution in [3.05, 3.63) is 29.3 Å². The van der Waals surface area contributed by atoms with Gasteiger partial charge in [0, 0.05) is 6.04 Å². The molecule has 0 heterocycles. The maximum Gasteiger partial charge on any atom is 0.115 e. The maximum absolute atomic E-state index is 9.63. The van der Waals surface area contributed by atoms with Crippen molar-refractivity contribution in [3.63, 3.8) is 0 Å². The second-order valence-electron chi connectivity index (χ2n) is 7.21. The van der Waals surface area contributed by atoms with E-state index in [4.69, 9.17) is 0 Å². The lowest BCUT2D eigenvalue weighted by molar-refractivity contribution is 0.263. The van der Waals surface area contributed by atoms with E-state index in [1.165, 1.54) is 56.1 Å². The minimum absolute atomic E-state index is 0.408. The van der Waals surface area contributed by atoms with Crippen LogP contribution in [-0.2, 0) is 6.42 Å². The lowest BCUT2D eigenvalue weighted by Crippen LogP contribution is -2.28. The zero-order valence-corrected chi connectivity index (χ0v) is 13.3. The highest BCUT2D eigenvalue weighted by Gasteiger charge is 2.22. The Hall–Kier alpha value is -1.02. The van der Waals surface area contributed by atoms with E-state index in [0.717, 1.165) is 24.8 Å². The fourth-order valence-electron chi connectivity index (χ4n) is 4.30. The number of aromatic hydroxyl groups is 1. The Labute approximate surface area is 129 Å². The number of fused-ring (bicyclic) bond motifs is 1. The van der Waals surface area contributed by atoms with Crippen molar-refractivity contribution >= 4 is 0 Å². The quantitative estimate of drug-likeness (QED) is 0.850. The number of rotatable bonds is 4. The molecule has 1 saturated carbocycles. The Balaban J connectivity index is 1.52. The van der Waals surface area contributed by atoms with Gasteiger partial charge in [-0.05, 0) is 73.7 Å². The van der Waals surface area contributed by atoms with E-state index in [1.54, 1.807) is 0 Å². The summed E-state index contributed by atoms with van der Waals surface area (Å²) in [5.41, 5.74) is 2.75. The molecule has 0 saturated heterocycles. The molecule has 2 aliphatic carbocycles. The minimum atomic E-state index is 0.408. The van der Waals surface area contributed by atoms with Gasteiger partial charge in [0.05, 0.1) is 0 Å². The van der Waals surface area contributed by atoms with Crippen LogP contribution in [0, 0.1) is 11.8 Å². The third-order valence-corrected chi connectivity index (χ3v) is 5.43. The van der Waals surface area contributed by atoms with Gasteiger partial charge in [-0.25, -0.2) is 0 Å². The minimum Gasteiger partial charge on any atom is -0.508 e. The summed E-state index contributed by atoms with van der Waals surface area (Å²) in [5, 5.41) is 13.4. The van der Waals surface area contributed by atoms with Crippen molar-refractivity contribution in [2.24, 2.45) is 11.8 Å². The van der Waals surface area contributed by atoms with Crippen molar-refractivity contribution in [1.82, 2.24) is 5.32 Å². The molecule has 1 fully saturated rings. The number of aryl methyl sites for hydroxylation is 1. The van der Waals surface area contributed by atoms with Crippen LogP contribution in [0.5, 0.6) is 5.75 Å². The van der Waals surface area contributed by atoms with Crippen LogP contribution in [0.25, 0.3) is 0 Å². The molecule has 0 aromatic heterocycles. The highest BCUT2D eigenvalue weighted by molar-refractivity contribution is 5.38. The molecule has 0 amide bonds. The highest BCUT2D eigenvalue weighted by Crippen LogP contribution is 2.33. The monoisotopic (exact) mass is 287 g/mol. The van der Waals surface area contributed by atoms with Gasteiger partial charge < -0.3 is 10.4 Å². The van der Waals surface area contributed by atoms with Gasteiger partial charge in [0.15, 0.2) is 0 Å². The zero-order chi connectivity index (χ0) is 14.7. The van der Waals surface area contributed by atoms with Crippen molar-refractivity contribution in [2.75, 3.05) is 6.54 Å². The van der Waals surface area contributed by atoms with Crippen LogP contribution in [0.4, 0.5) is 0 Å². The Kier molecular flexibility index (Phi) is 4.84. The summed E-state index contributed by atoms with van der Waals surface area (Å²) in [4.78, 5) is 0. The molecule has 3 atom stereocenters. The van der Waals surface area contributed by atoms with Crippen molar-refractivity contribution in [3.8, 4) is 5.75 Å². The average Bonchev–Trinajstić information content (AvgIpc) is 2.47. The molecule has 116 valence electrons. The largest absolute Gasteiger partial charge is 0.508 e. The summed E-state index contributed by atoms with van der Waals surface area (Å²) in [6, 6.07) is 6.40. The zero-order valence-electron chi connectivity index (χ0n) is 13.3. The van der Waals surface area contributed by atoms with Gasteiger partial charge in [0.2, 0.25) is 0 Å². The van der Waals surface area contributed by atoms with Gasteiger partial charge in [-0.15, -0.1) is 0 Å². The van der Waals surface area contributed by atoms with Crippen LogP contribution in [0.3, 0.4) is 0 Å². The normalized spacial score (nSPS) is 29.1. The van der Waals surface area contributed by atoms with E-state index >= 15 is 0 Å². The third kappa shape index (κ3) is 3.79. The van der Waals surface area contributed by atoms with Gasteiger partial charge >= 0.3 is 0 Å². The van der Waals surface area contributed by atoms with E-state index in [-0.39, 0.29) is 0 Å². The molecule has 2 heteroatoms. The number of hydrogen-bond donors (Lipinski definition) is 2. The SMILES string of the molecule is CC1CCCC(CCNC2CCCc3cc(O)ccc32)C1. The predicted octanol–water partition coefficient (Wildman–Crippen LogP) is 4.58. The molecule has 0 bridgehead atoms. The number of benzene rings is 1. The molecule has 0 spiro atoms. The Morgan fingerprint density at radius 2 is 2.10 bits per heavy atom. The summed E-state index contributed by atoms with van der Waals surface area (Å²) in [5.74, 6) is 2.27. The summed E-state index contributed by atoms with van der Waals surface area (Å²) < 4.78 is 0. The van der Waals surface area contributed by atoms with E-state index in [2.05, 4.69) is 18.3 Å². The lowest BCUT2D eigenvalue weighted by Gasteiger charge is -2.29. The molecule has 3 unspecified atom stereocenters. The number of hydrogen-bond acceptors (Lipinski definition) is 2. The van der Waals surface area contributed by atoms with Gasteiger partial charge in [-0.2, -0.15) is 0 Å². The number of phenols is 1. The van der Waals surface area contributed by atoms with Crippen LogP contribution in [0.2, 0.25) is 0 Å². The molecular formula is C19H29NO. The Bertz CT molecular complexity index is 471. The molecule has 1 aromatic carbocycles. The average molecular weight is 287 g/mol. The molecule has 0 aliphatic heterocycles. The summed E-state index contributed by atoms with van der Waals surface area (Å²) in [6.07, 6.45) is 10.6. The topological polar surface area (TPSA) is 32.3 Å². The van der Waals surface area contributed by atoms with E-state index in [0.29, 0.717) is 11.8 Å². The first kappa shape index (κ1) is 14.9. The first-order chi connectivity index (χ1) is 10.2. The van der Waals surface area contributed by atoms with Crippen LogP contribution < -0.4 is 5.32 Å². The lowest BCUT2D eigenvalue weighted by atomic mass is 9.80. The molecule has 2 N–H and O–H groups in total. The molecule has 0 radical (unpaired) electrons. The molecule has 21 heavy (non-hydrogen) atoms. The van der Waals surface area contributed by atoms with Crippen molar-refractivity contribution in [1.29, 1.82) is 0 Å². The van der Waals surface area contributed by atoms with Crippen LogP contribution in [-0.4, -0.2) is 11.7 Å². The summed E-state index contributed by atoms with van der Waals surface area (Å²) in [7, 11) is 0. The van der Waals surface area contributed by atoms with Gasteiger partial charge in [0.1, 0.15) is 5.75 Å². The maximum atomic E-state index is 9.63. The van der Waals surface area contributed by atoms with Crippen molar-refractivity contribution < 1.29 is 5.11 Å². The second kappa shape index (κ2) is 6.83. The fourth-order valence-corrected chi connectivity index (χ4v) is 4.30. The summed E-state index contributed by atoms with van der Waals surface area (Å²) >= 11 is 0. The summed E-state index contributed by atoms with van der Waals surface area (Å²) in [6.45, 7) is 3.55. The molecule has 2 aliphatic rings. The van der Waals surface area contributed by atoms with E-state index in [9.17, 15) is 5.11 Å². The van der Waals surface area contributed by atoms with E-state index < -0.39 is 0 Å². The first-order valence-corrected chi connectivity index (χ1v) is 8.77. The number of phenolic OH excluding ortho intramolecular Hbond substituents is 1. The van der Waals surface area contributed by atoms with Gasteiger partial charge in [-0.3, -0.25) is 0 Å². The Morgan fingerprint density at radius 1 is 1.19 bits per heavy atom. The van der Waals surface area contributed by atoms with Crippen molar-refractivity contribution in [2.45, 2.75) is 64.3 Å². The van der Waals surface area contributed by atoms with Crippen LogP contribution in [0.1, 0.15) is 69.0 Å². The van der Waals surface area contributed by atoms with Crippen LogP contribution >= 0.6 is 0 Å². The predicted molar refractivity (Wildman–Crippen MR) is 87.5 cm³/mol. The molecular weight excluding hydrogens is 258 g/mol. The Morgan fingerprint density at radius 3 is 2.95 bits per heavy atom. The smallest absolute Gasteiger partial charge is 0.115 e. The highest BCUT2D eigenvalue weighted by atomic mass is 16.3. The third-order valence-electron chi connectivity index (χ3n) is 5.43. The standard InChI is InChI=1S/C19H29NO/c1-14-4-2-5-15(12-14)10-11-20-19-7-3-6-16-13-17(21)8-9-18(16)19/h8-9,13-15,19-21H,2-7,10-12H2,1H3. The number of nitrogens with one attached hydrogen (secondary N) is 1. The van der Waals surface area contributed by atoms with E-state index in [1.807, 2.05) is 12.1 Å². The molecule has 1 aromatic rings. The molecule has 3 rings (SSSR count). The van der Waals surface area contributed by atoms with Gasteiger partial charge in [0.25, 0.3) is 0 Å². The fraction of sp³-hybridized carbons (Fsp3) is 0.684. The molecule has 2 nitrogen and oxygen atoms in total. The van der Waals surface area contributed by atoms with Crippen LogP contribution in [0.15, 0.2) is 18.2 Å². The first-order valence-electron chi connectivity index (χ1n) is 8.77. The second-order valence-corrected chi connectivity index (χ2v) is 7.21. The van der Waals surface area contributed by atoms with Gasteiger partial charge in [-0.1, -0.05) is 32.3 Å².